The fraction of sp³-hybridized carbons (Fsp3) is 0.188. The molecule has 6 heteroatoms. The molecule has 2 aromatic carbocycles. The summed E-state index contributed by atoms with van der Waals surface area (Å²) in [7, 11) is 1.61. The standard InChI is InChI=1S/C16H16BrF2N3/c1-20-16(21-9-11-4-2-3-5-14(11)18)22-10-12-6-7-13(17)8-15(12)19/h2-8H,9-10H2,1H3,(H2,20,21,22). The van der Waals surface area contributed by atoms with Crippen LogP contribution in [-0.2, 0) is 13.1 Å². The van der Waals surface area contributed by atoms with Gasteiger partial charge in [0.2, 0.25) is 0 Å². The second kappa shape index (κ2) is 7.89. The van der Waals surface area contributed by atoms with Gasteiger partial charge in [-0.1, -0.05) is 40.2 Å². The Morgan fingerprint density at radius 2 is 1.64 bits per heavy atom. The lowest BCUT2D eigenvalue weighted by Gasteiger charge is -2.13. The minimum atomic E-state index is -0.300. The number of aliphatic imine (C=N–C) groups is 1. The van der Waals surface area contributed by atoms with Crippen LogP contribution >= 0.6 is 15.9 Å². The molecule has 0 saturated carbocycles. The number of nitrogens with zero attached hydrogens (tertiary/aromatic N) is 1. The van der Waals surface area contributed by atoms with Crippen molar-refractivity contribution in [3.8, 4) is 0 Å². The summed E-state index contributed by atoms with van der Waals surface area (Å²) in [4.78, 5) is 4.04. The maximum atomic E-state index is 13.7. The van der Waals surface area contributed by atoms with E-state index in [1.54, 1.807) is 37.4 Å². The molecule has 0 aliphatic carbocycles. The van der Waals surface area contributed by atoms with E-state index in [9.17, 15) is 8.78 Å². The first-order chi connectivity index (χ1) is 10.6. The summed E-state index contributed by atoms with van der Waals surface area (Å²) >= 11 is 3.22. The zero-order chi connectivity index (χ0) is 15.9. The van der Waals surface area contributed by atoms with E-state index in [0.717, 1.165) is 0 Å². The zero-order valence-corrected chi connectivity index (χ0v) is 13.6. The van der Waals surface area contributed by atoms with Crippen LogP contribution in [0.4, 0.5) is 8.78 Å². The van der Waals surface area contributed by atoms with E-state index in [4.69, 9.17) is 0 Å². The molecule has 0 heterocycles. The van der Waals surface area contributed by atoms with Crippen LogP contribution in [0.15, 0.2) is 51.9 Å². The van der Waals surface area contributed by atoms with Gasteiger partial charge in [0.1, 0.15) is 11.6 Å². The Balaban J connectivity index is 1.92. The molecule has 0 unspecified atom stereocenters. The first-order valence-electron chi connectivity index (χ1n) is 6.72. The van der Waals surface area contributed by atoms with E-state index in [1.165, 1.54) is 12.1 Å². The number of hydrogen-bond donors (Lipinski definition) is 2. The largest absolute Gasteiger partial charge is 0.352 e. The second-order valence-corrected chi connectivity index (χ2v) is 5.52. The third-order valence-electron chi connectivity index (χ3n) is 3.09. The van der Waals surface area contributed by atoms with Gasteiger partial charge in [-0.15, -0.1) is 0 Å². The quantitative estimate of drug-likeness (QED) is 0.639. The van der Waals surface area contributed by atoms with Crippen molar-refractivity contribution >= 4 is 21.9 Å². The lowest BCUT2D eigenvalue weighted by molar-refractivity contribution is 0.600. The average Bonchev–Trinajstić information content (AvgIpc) is 2.50. The molecule has 0 aliphatic rings. The van der Waals surface area contributed by atoms with Crippen molar-refractivity contribution in [2.24, 2.45) is 4.99 Å². The minimum absolute atomic E-state index is 0.274. The van der Waals surface area contributed by atoms with Crippen molar-refractivity contribution in [2.75, 3.05) is 7.05 Å². The molecule has 0 aliphatic heterocycles. The van der Waals surface area contributed by atoms with Crippen molar-refractivity contribution in [3.63, 3.8) is 0 Å². The Labute approximate surface area is 136 Å². The molecule has 0 spiro atoms. The highest BCUT2D eigenvalue weighted by Gasteiger charge is 2.05. The van der Waals surface area contributed by atoms with E-state index < -0.39 is 0 Å². The lowest BCUT2D eigenvalue weighted by Crippen LogP contribution is -2.36. The summed E-state index contributed by atoms with van der Waals surface area (Å²) < 4.78 is 28.0. The van der Waals surface area contributed by atoms with Gasteiger partial charge in [0.05, 0.1) is 0 Å². The molecule has 0 amide bonds. The fourth-order valence-electron chi connectivity index (χ4n) is 1.89. The zero-order valence-electron chi connectivity index (χ0n) is 12.0. The van der Waals surface area contributed by atoms with Crippen molar-refractivity contribution < 1.29 is 8.78 Å². The lowest BCUT2D eigenvalue weighted by atomic mass is 10.2. The normalized spacial score (nSPS) is 11.4. The number of benzene rings is 2. The molecule has 2 N–H and O–H groups in total. The predicted octanol–water partition coefficient (Wildman–Crippen LogP) is 3.59. The molecule has 22 heavy (non-hydrogen) atoms. The Hall–Kier alpha value is -1.95. The van der Waals surface area contributed by atoms with E-state index in [-0.39, 0.29) is 18.2 Å². The predicted molar refractivity (Wildman–Crippen MR) is 87.5 cm³/mol. The maximum absolute atomic E-state index is 13.7. The molecular weight excluding hydrogens is 352 g/mol. The fourth-order valence-corrected chi connectivity index (χ4v) is 2.22. The van der Waals surface area contributed by atoms with Crippen molar-refractivity contribution in [2.45, 2.75) is 13.1 Å². The smallest absolute Gasteiger partial charge is 0.191 e. The summed E-state index contributed by atoms with van der Waals surface area (Å²) in [6.45, 7) is 0.589. The number of nitrogens with one attached hydrogen (secondary N) is 2. The Bertz CT molecular complexity index is 674. The summed E-state index contributed by atoms with van der Waals surface area (Å²) in [5.41, 5.74) is 1.07. The van der Waals surface area contributed by atoms with Gasteiger partial charge in [-0.25, -0.2) is 8.78 Å². The molecule has 116 valence electrons. The first kappa shape index (κ1) is 16.4. The topological polar surface area (TPSA) is 36.4 Å². The van der Waals surface area contributed by atoms with E-state index in [0.29, 0.717) is 28.1 Å². The van der Waals surface area contributed by atoms with Crippen molar-refractivity contribution in [1.82, 2.24) is 10.6 Å². The first-order valence-corrected chi connectivity index (χ1v) is 7.51. The monoisotopic (exact) mass is 367 g/mol. The maximum Gasteiger partial charge on any atom is 0.191 e. The summed E-state index contributed by atoms with van der Waals surface area (Å²) in [6.07, 6.45) is 0. The second-order valence-electron chi connectivity index (χ2n) is 4.61. The Morgan fingerprint density at radius 1 is 1.00 bits per heavy atom. The third kappa shape index (κ3) is 4.53. The van der Waals surface area contributed by atoms with Crippen LogP contribution in [0.2, 0.25) is 0 Å². The van der Waals surface area contributed by atoms with Crippen LogP contribution in [0.25, 0.3) is 0 Å². The molecule has 0 aromatic heterocycles. The molecule has 0 radical (unpaired) electrons. The van der Waals surface area contributed by atoms with E-state index in [1.807, 2.05) is 0 Å². The van der Waals surface area contributed by atoms with Gasteiger partial charge >= 0.3 is 0 Å². The molecular formula is C16H16BrF2N3. The number of hydrogen-bond acceptors (Lipinski definition) is 1. The van der Waals surface area contributed by atoms with Gasteiger partial charge in [-0.2, -0.15) is 0 Å². The van der Waals surface area contributed by atoms with E-state index >= 15 is 0 Å². The van der Waals surface area contributed by atoms with Crippen LogP contribution in [0.3, 0.4) is 0 Å². The number of rotatable bonds is 4. The van der Waals surface area contributed by atoms with Crippen molar-refractivity contribution in [1.29, 1.82) is 0 Å². The third-order valence-corrected chi connectivity index (χ3v) is 3.58. The SMILES string of the molecule is CN=C(NCc1ccccc1F)NCc1ccc(Br)cc1F. The average molecular weight is 368 g/mol. The molecule has 3 nitrogen and oxygen atoms in total. The Kier molecular flexibility index (Phi) is 5.89. The van der Waals surface area contributed by atoms with E-state index in [2.05, 4.69) is 31.6 Å². The molecule has 0 atom stereocenters. The van der Waals surface area contributed by atoms with Crippen molar-refractivity contribution in [3.05, 3.63) is 69.7 Å². The number of guanidine groups is 1. The van der Waals surface area contributed by atoms with Gasteiger partial charge in [-0.05, 0) is 18.2 Å². The van der Waals surface area contributed by atoms with Gasteiger partial charge in [0.25, 0.3) is 0 Å². The van der Waals surface area contributed by atoms with Crippen LogP contribution < -0.4 is 10.6 Å². The van der Waals surface area contributed by atoms with Gasteiger partial charge in [-0.3, -0.25) is 4.99 Å². The minimum Gasteiger partial charge on any atom is -0.352 e. The molecule has 2 rings (SSSR count). The molecule has 0 bridgehead atoms. The van der Waals surface area contributed by atoms with Crippen LogP contribution in [0.1, 0.15) is 11.1 Å². The number of halogens is 3. The van der Waals surface area contributed by atoms with Gasteiger partial charge in [0.15, 0.2) is 5.96 Å². The van der Waals surface area contributed by atoms with Crippen LogP contribution in [0.5, 0.6) is 0 Å². The van der Waals surface area contributed by atoms with Gasteiger partial charge in [0, 0.05) is 35.7 Å². The summed E-state index contributed by atoms with van der Waals surface area (Å²) in [5, 5.41) is 5.99. The van der Waals surface area contributed by atoms with Crippen LogP contribution in [-0.4, -0.2) is 13.0 Å². The highest BCUT2D eigenvalue weighted by atomic mass is 79.9. The molecule has 0 saturated heterocycles. The highest BCUT2D eigenvalue weighted by molar-refractivity contribution is 9.10. The summed E-state index contributed by atoms with van der Waals surface area (Å²) in [6, 6.07) is 11.4. The molecule has 0 fully saturated rings. The molecule has 2 aromatic rings. The Morgan fingerprint density at radius 3 is 2.23 bits per heavy atom. The highest BCUT2D eigenvalue weighted by Crippen LogP contribution is 2.15. The van der Waals surface area contributed by atoms with Gasteiger partial charge < -0.3 is 10.6 Å². The summed E-state index contributed by atoms with van der Waals surface area (Å²) in [5.74, 6) is -0.0959. The van der Waals surface area contributed by atoms with Crippen LogP contribution in [0, 0.1) is 11.6 Å².